The molecule has 5 heteroatoms. The Labute approximate surface area is 91.1 Å². The van der Waals surface area contributed by atoms with E-state index in [1.807, 2.05) is 0 Å². The van der Waals surface area contributed by atoms with Crippen LogP contribution < -0.4 is 5.32 Å². The van der Waals surface area contributed by atoms with Gasteiger partial charge in [0.05, 0.1) is 17.4 Å². The van der Waals surface area contributed by atoms with Gasteiger partial charge >= 0.3 is 5.92 Å². The number of nitrogens with one attached hydrogen (secondary N) is 1. The van der Waals surface area contributed by atoms with Crippen molar-refractivity contribution in [3.05, 3.63) is 29.3 Å². The van der Waals surface area contributed by atoms with Crippen LogP contribution in [0.1, 0.15) is 30.6 Å². The number of hydrogen-bond acceptors (Lipinski definition) is 2. The smallest absolute Gasteiger partial charge is 0.352 e. The number of hydrogen-bond donors (Lipinski definition) is 2. The van der Waals surface area contributed by atoms with Crippen LogP contribution in [0, 0.1) is 0 Å². The van der Waals surface area contributed by atoms with Crippen LogP contribution >= 0.6 is 0 Å². The summed E-state index contributed by atoms with van der Waals surface area (Å²) in [4.78, 5) is 11.1. The number of alkyl halides is 2. The molecule has 1 aliphatic rings. The molecule has 1 unspecified atom stereocenters. The zero-order valence-electron chi connectivity index (χ0n) is 8.63. The van der Waals surface area contributed by atoms with Gasteiger partial charge in [-0.2, -0.15) is 8.78 Å². The summed E-state index contributed by atoms with van der Waals surface area (Å²) in [6.45, 7) is 1.69. The number of rotatable bonds is 2. The molecule has 2 N–H and O–H groups in total. The maximum atomic E-state index is 13.6. The molecule has 0 saturated carbocycles. The normalized spacial score (nSPS) is 19.1. The third-order valence-electron chi connectivity index (χ3n) is 2.69. The summed E-state index contributed by atoms with van der Waals surface area (Å²) in [6, 6.07) is 4.36. The molecular weight excluding hydrogens is 216 g/mol. The lowest BCUT2D eigenvalue weighted by molar-refractivity contribution is -0.139. The second kappa shape index (κ2) is 3.52. The molecule has 86 valence electrons. The van der Waals surface area contributed by atoms with Gasteiger partial charge in [-0.25, -0.2) is 0 Å². The average molecular weight is 227 g/mol. The molecule has 1 heterocycles. The molecule has 0 saturated heterocycles. The van der Waals surface area contributed by atoms with E-state index in [1.54, 1.807) is 6.92 Å². The molecule has 1 atom stereocenters. The molecule has 1 amide bonds. The average Bonchev–Trinajstić information content (AvgIpc) is 2.49. The van der Waals surface area contributed by atoms with Crippen molar-refractivity contribution >= 4 is 11.6 Å². The minimum absolute atomic E-state index is 0.0833. The van der Waals surface area contributed by atoms with E-state index in [0.29, 0.717) is 6.42 Å². The summed E-state index contributed by atoms with van der Waals surface area (Å²) >= 11 is 0. The number of amides is 1. The summed E-state index contributed by atoms with van der Waals surface area (Å²) in [6.07, 6.45) is -0.658. The fourth-order valence-corrected chi connectivity index (χ4v) is 1.84. The monoisotopic (exact) mass is 227 g/mol. The van der Waals surface area contributed by atoms with Crippen LogP contribution in [0.2, 0.25) is 0 Å². The SMILES string of the molecule is CCC(O)c1cccc2c1C(F)(F)C(=O)N2. The lowest BCUT2D eigenvalue weighted by atomic mass is 9.97. The maximum Gasteiger partial charge on any atom is 0.352 e. The van der Waals surface area contributed by atoms with Crippen LogP contribution in [0.5, 0.6) is 0 Å². The largest absolute Gasteiger partial charge is 0.388 e. The molecule has 1 aromatic rings. The number of aliphatic hydroxyl groups is 1. The highest BCUT2D eigenvalue weighted by Crippen LogP contribution is 2.44. The van der Waals surface area contributed by atoms with E-state index in [-0.39, 0.29) is 11.3 Å². The number of aliphatic hydroxyl groups excluding tert-OH is 1. The Morgan fingerprint density at radius 3 is 2.81 bits per heavy atom. The number of carbonyl (C=O) groups excluding carboxylic acids is 1. The molecule has 0 spiro atoms. The van der Waals surface area contributed by atoms with Gasteiger partial charge in [0, 0.05) is 0 Å². The molecule has 0 radical (unpaired) electrons. The zero-order valence-corrected chi connectivity index (χ0v) is 8.63. The van der Waals surface area contributed by atoms with Crippen molar-refractivity contribution < 1.29 is 18.7 Å². The molecule has 1 aliphatic heterocycles. The van der Waals surface area contributed by atoms with Gasteiger partial charge in [-0.1, -0.05) is 19.1 Å². The summed E-state index contributed by atoms with van der Waals surface area (Å²) < 4.78 is 27.1. The van der Waals surface area contributed by atoms with Gasteiger partial charge in [-0.05, 0) is 18.1 Å². The second-order valence-corrected chi connectivity index (χ2v) is 3.72. The predicted molar refractivity (Wildman–Crippen MR) is 54.2 cm³/mol. The van der Waals surface area contributed by atoms with Gasteiger partial charge in [-0.15, -0.1) is 0 Å². The van der Waals surface area contributed by atoms with Crippen LogP contribution in [-0.4, -0.2) is 11.0 Å². The van der Waals surface area contributed by atoms with E-state index in [9.17, 15) is 18.7 Å². The summed E-state index contributed by atoms with van der Waals surface area (Å²) in [5, 5.41) is 11.7. The number of anilines is 1. The van der Waals surface area contributed by atoms with Crippen LogP contribution in [0.3, 0.4) is 0 Å². The number of carbonyl (C=O) groups is 1. The van der Waals surface area contributed by atoms with Crippen LogP contribution in [0.4, 0.5) is 14.5 Å². The Kier molecular flexibility index (Phi) is 2.42. The van der Waals surface area contributed by atoms with Gasteiger partial charge in [0.25, 0.3) is 5.91 Å². The molecule has 0 aliphatic carbocycles. The van der Waals surface area contributed by atoms with E-state index in [0.717, 1.165) is 0 Å². The minimum Gasteiger partial charge on any atom is -0.388 e. The summed E-state index contributed by atoms with van der Waals surface area (Å²) in [7, 11) is 0. The van der Waals surface area contributed by atoms with Gasteiger partial charge in [0.1, 0.15) is 0 Å². The number of halogens is 2. The Hall–Kier alpha value is -1.49. The maximum absolute atomic E-state index is 13.6. The predicted octanol–water partition coefficient (Wildman–Crippen LogP) is 2.17. The van der Waals surface area contributed by atoms with E-state index in [4.69, 9.17) is 0 Å². The van der Waals surface area contributed by atoms with E-state index < -0.39 is 23.5 Å². The van der Waals surface area contributed by atoms with Gasteiger partial charge in [0.2, 0.25) is 0 Å². The van der Waals surface area contributed by atoms with Gasteiger partial charge in [-0.3, -0.25) is 4.79 Å². The Bertz CT molecular complexity index is 446. The molecule has 0 fully saturated rings. The first-order valence-electron chi connectivity index (χ1n) is 4.99. The highest BCUT2D eigenvalue weighted by atomic mass is 19.3. The summed E-state index contributed by atoms with van der Waals surface area (Å²) in [5.74, 6) is -4.89. The lowest BCUT2D eigenvalue weighted by Gasteiger charge is -2.15. The third kappa shape index (κ3) is 1.39. The van der Waals surface area contributed by atoms with Gasteiger partial charge in [0.15, 0.2) is 0 Å². The van der Waals surface area contributed by atoms with Crippen molar-refractivity contribution in [2.24, 2.45) is 0 Å². The van der Waals surface area contributed by atoms with Gasteiger partial charge < -0.3 is 10.4 Å². The fourth-order valence-electron chi connectivity index (χ4n) is 1.84. The number of benzene rings is 1. The zero-order chi connectivity index (χ0) is 11.9. The highest BCUT2D eigenvalue weighted by molar-refractivity contribution is 6.04. The molecule has 16 heavy (non-hydrogen) atoms. The van der Waals surface area contributed by atoms with Crippen molar-refractivity contribution in [1.29, 1.82) is 0 Å². The van der Waals surface area contributed by atoms with Crippen molar-refractivity contribution in [2.75, 3.05) is 5.32 Å². The quantitative estimate of drug-likeness (QED) is 0.813. The summed E-state index contributed by atoms with van der Waals surface area (Å²) in [5.41, 5.74) is -0.197. The first-order valence-corrected chi connectivity index (χ1v) is 4.99. The standard InChI is InChI=1S/C11H11F2NO2/c1-2-8(15)6-4-3-5-7-9(6)11(12,13)10(16)14-7/h3-5,8,15H,2H2,1H3,(H,14,16). The molecule has 3 nitrogen and oxygen atoms in total. The molecular formula is C11H11F2NO2. The topological polar surface area (TPSA) is 49.3 Å². The van der Waals surface area contributed by atoms with Crippen LogP contribution in [-0.2, 0) is 10.7 Å². The Morgan fingerprint density at radius 1 is 1.50 bits per heavy atom. The van der Waals surface area contributed by atoms with Crippen molar-refractivity contribution in [3.63, 3.8) is 0 Å². The fraction of sp³-hybridized carbons (Fsp3) is 0.364. The van der Waals surface area contributed by atoms with E-state index in [2.05, 4.69) is 5.32 Å². The molecule has 0 bridgehead atoms. The molecule has 0 aromatic heterocycles. The first-order chi connectivity index (χ1) is 7.48. The molecule has 2 rings (SSSR count). The van der Waals surface area contributed by atoms with Crippen LogP contribution in [0.25, 0.3) is 0 Å². The number of fused-ring (bicyclic) bond motifs is 1. The third-order valence-corrected chi connectivity index (χ3v) is 2.69. The van der Waals surface area contributed by atoms with Crippen molar-refractivity contribution in [3.8, 4) is 0 Å². The van der Waals surface area contributed by atoms with E-state index >= 15 is 0 Å². The lowest BCUT2D eigenvalue weighted by Crippen LogP contribution is -2.25. The van der Waals surface area contributed by atoms with Crippen molar-refractivity contribution in [1.82, 2.24) is 0 Å². The first kappa shape index (κ1) is 11.0. The Morgan fingerprint density at radius 2 is 2.19 bits per heavy atom. The van der Waals surface area contributed by atoms with E-state index in [1.165, 1.54) is 18.2 Å². The van der Waals surface area contributed by atoms with Crippen molar-refractivity contribution in [2.45, 2.75) is 25.4 Å². The Balaban J connectivity index is 2.61. The highest BCUT2D eigenvalue weighted by Gasteiger charge is 2.50. The second-order valence-electron chi connectivity index (χ2n) is 3.72. The molecule has 1 aromatic carbocycles. The minimum atomic E-state index is -3.55. The van der Waals surface area contributed by atoms with Crippen LogP contribution in [0.15, 0.2) is 18.2 Å².